The van der Waals surface area contributed by atoms with E-state index in [0.29, 0.717) is 17.9 Å². The fraction of sp³-hybridized carbons (Fsp3) is 0.684. The lowest BCUT2D eigenvalue weighted by Gasteiger charge is -2.49. The molecule has 1 fully saturated rings. The number of aliphatic hydroxyl groups is 1. The van der Waals surface area contributed by atoms with Gasteiger partial charge in [-0.25, -0.2) is 0 Å². The van der Waals surface area contributed by atoms with Gasteiger partial charge < -0.3 is 5.11 Å². The van der Waals surface area contributed by atoms with Gasteiger partial charge >= 0.3 is 0 Å². The van der Waals surface area contributed by atoms with Crippen LogP contribution in [0.2, 0.25) is 0 Å². The lowest BCUT2D eigenvalue weighted by atomic mass is 9.76. The van der Waals surface area contributed by atoms with Crippen LogP contribution in [0, 0.1) is 11.8 Å². The number of aliphatic hydroxyl groups excluding tert-OH is 1. The van der Waals surface area contributed by atoms with Crippen LogP contribution in [0.3, 0.4) is 0 Å². The summed E-state index contributed by atoms with van der Waals surface area (Å²) < 4.78 is 0. The highest BCUT2D eigenvalue weighted by atomic mass is 16.3. The van der Waals surface area contributed by atoms with Crippen molar-refractivity contribution in [1.82, 2.24) is 4.90 Å². The van der Waals surface area contributed by atoms with E-state index in [1.165, 1.54) is 12.0 Å². The summed E-state index contributed by atoms with van der Waals surface area (Å²) in [5.74, 6) is 1.98. The molecule has 0 amide bonds. The fourth-order valence-electron chi connectivity index (χ4n) is 4.57. The maximum absolute atomic E-state index is 10.9. The summed E-state index contributed by atoms with van der Waals surface area (Å²) in [5, 5.41) is 10.9. The summed E-state index contributed by atoms with van der Waals surface area (Å²) >= 11 is 0. The van der Waals surface area contributed by atoms with Crippen LogP contribution < -0.4 is 0 Å². The van der Waals surface area contributed by atoms with E-state index in [4.69, 9.17) is 0 Å². The summed E-state index contributed by atoms with van der Waals surface area (Å²) in [6, 6.07) is 9.29. The van der Waals surface area contributed by atoms with Crippen LogP contribution in [-0.2, 0) is 0 Å². The molecule has 6 atom stereocenters. The molecule has 2 nitrogen and oxygen atoms in total. The first-order valence-corrected chi connectivity index (χ1v) is 8.51. The van der Waals surface area contributed by atoms with Gasteiger partial charge in [0.2, 0.25) is 0 Å². The van der Waals surface area contributed by atoms with Crippen molar-refractivity contribution in [2.24, 2.45) is 11.8 Å². The zero-order valence-corrected chi connectivity index (χ0v) is 13.8. The van der Waals surface area contributed by atoms with Crippen LogP contribution in [-0.4, -0.2) is 28.6 Å². The van der Waals surface area contributed by atoms with E-state index in [0.717, 1.165) is 24.4 Å². The standard InChI is InChI=1S/C19H29NO/c1-12-9-13(2)15(4)20(11-12)18-10-14(3)16-7-5-6-8-17(16)19(18)21/h5-8,12-15,18-19,21H,9-11H2,1-4H3. The van der Waals surface area contributed by atoms with Crippen molar-refractivity contribution in [2.45, 2.75) is 64.6 Å². The van der Waals surface area contributed by atoms with Crippen molar-refractivity contribution in [1.29, 1.82) is 0 Å². The minimum Gasteiger partial charge on any atom is -0.387 e. The summed E-state index contributed by atoms with van der Waals surface area (Å²) in [6.45, 7) is 10.5. The second kappa shape index (κ2) is 5.73. The summed E-state index contributed by atoms with van der Waals surface area (Å²) in [6.07, 6.45) is 2.05. The van der Waals surface area contributed by atoms with Crippen molar-refractivity contribution in [3.63, 3.8) is 0 Å². The van der Waals surface area contributed by atoms with Crippen molar-refractivity contribution in [3.05, 3.63) is 35.4 Å². The predicted molar refractivity (Wildman–Crippen MR) is 87.3 cm³/mol. The van der Waals surface area contributed by atoms with Crippen molar-refractivity contribution in [3.8, 4) is 0 Å². The molecule has 3 rings (SSSR count). The Bertz CT molecular complexity index is 500. The molecule has 1 aromatic rings. The van der Waals surface area contributed by atoms with Gasteiger partial charge in [0.05, 0.1) is 6.10 Å². The fourth-order valence-corrected chi connectivity index (χ4v) is 4.57. The molecule has 6 unspecified atom stereocenters. The van der Waals surface area contributed by atoms with Crippen LogP contribution >= 0.6 is 0 Å². The summed E-state index contributed by atoms with van der Waals surface area (Å²) in [7, 11) is 0. The molecule has 1 saturated heterocycles. The first-order chi connectivity index (χ1) is 9.99. The predicted octanol–water partition coefficient (Wildman–Crippen LogP) is 3.96. The number of piperidine rings is 1. The molecule has 0 spiro atoms. The Balaban J connectivity index is 1.90. The van der Waals surface area contributed by atoms with Crippen LogP contribution in [0.15, 0.2) is 24.3 Å². The summed E-state index contributed by atoms with van der Waals surface area (Å²) in [4.78, 5) is 2.59. The molecular formula is C19H29NO. The van der Waals surface area contributed by atoms with Crippen molar-refractivity contribution < 1.29 is 5.11 Å². The van der Waals surface area contributed by atoms with Gasteiger partial charge in [0, 0.05) is 18.6 Å². The maximum atomic E-state index is 10.9. The van der Waals surface area contributed by atoms with E-state index in [1.54, 1.807) is 0 Å². The molecule has 21 heavy (non-hydrogen) atoms. The zero-order chi connectivity index (χ0) is 15.1. The van der Waals surface area contributed by atoms with Crippen molar-refractivity contribution in [2.75, 3.05) is 6.54 Å². The first-order valence-electron chi connectivity index (χ1n) is 8.51. The lowest BCUT2D eigenvalue weighted by Crippen LogP contribution is -2.54. The third-order valence-electron chi connectivity index (χ3n) is 5.87. The molecule has 2 aliphatic rings. The molecular weight excluding hydrogens is 258 g/mol. The van der Waals surface area contributed by atoms with Gasteiger partial charge in [-0.2, -0.15) is 0 Å². The Hall–Kier alpha value is -0.860. The number of hydrogen-bond acceptors (Lipinski definition) is 2. The van der Waals surface area contributed by atoms with E-state index < -0.39 is 0 Å². The van der Waals surface area contributed by atoms with Crippen molar-refractivity contribution >= 4 is 0 Å². The highest BCUT2D eigenvalue weighted by molar-refractivity contribution is 5.35. The highest BCUT2D eigenvalue weighted by Gasteiger charge is 2.40. The Morgan fingerprint density at radius 1 is 1.00 bits per heavy atom. The molecule has 1 aliphatic carbocycles. The second-order valence-electron chi connectivity index (χ2n) is 7.53. The quantitative estimate of drug-likeness (QED) is 0.845. The van der Waals surface area contributed by atoms with E-state index in [-0.39, 0.29) is 12.1 Å². The Labute approximate surface area is 129 Å². The average molecular weight is 287 g/mol. The summed E-state index contributed by atoms with van der Waals surface area (Å²) in [5.41, 5.74) is 2.49. The molecule has 0 aromatic heterocycles. The molecule has 2 heteroatoms. The lowest BCUT2D eigenvalue weighted by molar-refractivity contribution is -0.0316. The van der Waals surface area contributed by atoms with Gasteiger partial charge in [-0.15, -0.1) is 0 Å². The SMILES string of the molecule is CC1CC(C)C(C)N(C2CC(C)c3ccccc3C2O)C1. The third-order valence-corrected chi connectivity index (χ3v) is 5.87. The normalized spacial score (nSPS) is 40.8. The number of likely N-dealkylation sites (tertiary alicyclic amines) is 1. The number of rotatable bonds is 1. The minimum absolute atomic E-state index is 0.273. The van der Waals surface area contributed by atoms with E-state index in [9.17, 15) is 5.11 Å². The minimum atomic E-state index is -0.336. The van der Waals surface area contributed by atoms with Gasteiger partial charge in [-0.1, -0.05) is 45.0 Å². The first kappa shape index (κ1) is 15.1. The molecule has 1 N–H and O–H groups in total. The van der Waals surface area contributed by atoms with Gasteiger partial charge in [0.25, 0.3) is 0 Å². The number of hydrogen-bond donors (Lipinski definition) is 1. The van der Waals surface area contributed by atoms with Crippen LogP contribution in [0.5, 0.6) is 0 Å². The highest BCUT2D eigenvalue weighted by Crippen LogP contribution is 2.42. The van der Waals surface area contributed by atoms with E-state index in [2.05, 4.69) is 56.9 Å². The molecule has 1 aromatic carbocycles. The Morgan fingerprint density at radius 2 is 1.67 bits per heavy atom. The van der Waals surface area contributed by atoms with Crippen LogP contribution in [0.25, 0.3) is 0 Å². The maximum Gasteiger partial charge on any atom is 0.0948 e. The molecule has 116 valence electrons. The van der Waals surface area contributed by atoms with Crippen LogP contribution in [0.4, 0.5) is 0 Å². The Morgan fingerprint density at radius 3 is 2.38 bits per heavy atom. The van der Waals surface area contributed by atoms with Gasteiger partial charge in [-0.3, -0.25) is 4.90 Å². The second-order valence-corrected chi connectivity index (χ2v) is 7.53. The third kappa shape index (κ3) is 2.64. The molecule has 1 aliphatic heterocycles. The van der Waals surface area contributed by atoms with E-state index >= 15 is 0 Å². The number of nitrogens with zero attached hydrogens (tertiary/aromatic N) is 1. The van der Waals surface area contributed by atoms with E-state index in [1.807, 2.05) is 0 Å². The average Bonchev–Trinajstić information content (AvgIpc) is 2.47. The molecule has 0 bridgehead atoms. The van der Waals surface area contributed by atoms with Crippen LogP contribution in [0.1, 0.15) is 63.7 Å². The molecule has 0 saturated carbocycles. The topological polar surface area (TPSA) is 23.5 Å². The largest absolute Gasteiger partial charge is 0.387 e. The Kier molecular flexibility index (Phi) is 4.11. The van der Waals surface area contributed by atoms with Gasteiger partial charge in [0.15, 0.2) is 0 Å². The smallest absolute Gasteiger partial charge is 0.0948 e. The molecule has 0 radical (unpaired) electrons. The number of fused-ring (bicyclic) bond motifs is 1. The molecule has 1 heterocycles. The number of benzene rings is 1. The zero-order valence-electron chi connectivity index (χ0n) is 13.8. The van der Waals surface area contributed by atoms with Gasteiger partial charge in [0.1, 0.15) is 0 Å². The monoisotopic (exact) mass is 287 g/mol. The van der Waals surface area contributed by atoms with Gasteiger partial charge in [-0.05, 0) is 48.6 Å².